The second kappa shape index (κ2) is 43.0. The molecule has 0 spiro atoms. The van der Waals surface area contributed by atoms with Gasteiger partial charge in [-0.25, -0.2) is 24.3 Å². The van der Waals surface area contributed by atoms with Crippen molar-refractivity contribution in [2.75, 3.05) is 101 Å². The number of amides is 5. The molecule has 22 rings (SSSR count). The van der Waals surface area contributed by atoms with E-state index in [9.17, 15) is 43.5 Å². The number of pyridine rings is 7. The highest BCUT2D eigenvalue weighted by molar-refractivity contribution is 6.00. The molecule has 0 bridgehead atoms. The van der Waals surface area contributed by atoms with E-state index >= 15 is 4.39 Å². The average molecular weight is 1930 g/mol. The molecule has 15 heterocycles. The van der Waals surface area contributed by atoms with Crippen LogP contribution in [0.3, 0.4) is 0 Å². The number of hydrogen-bond donors (Lipinski definition) is 10. The Labute approximate surface area is 827 Å². The number of nitrogens with one attached hydrogen (secondary N) is 9. The summed E-state index contributed by atoms with van der Waals surface area (Å²) < 4.78 is 22.8. The Hall–Kier alpha value is -17.7. The molecule has 3 saturated heterocycles. The number of halogens is 1. The second-order valence-corrected chi connectivity index (χ2v) is 36.0. The number of phenolic OH excluding ortho intramolecular Hbond substituents is 1. The zero-order valence-electron chi connectivity index (χ0n) is 79.6. The quantitative estimate of drug-likeness (QED) is 0.0284. The summed E-state index contributed by atoms with van der Waals surface area (Å²) in [5.41, 5.74) is 21.5. The molecule has 18 aromatic rings. The number of H-pyrrole nitrogens is 3. The van der Waals surface area contributed by atoms with Gasteiger partial charge in [-0.15, -0.1) is 0 Å². The minimum Gasteiger partial charge on any atom is -0.508 e. The van der Waals surface area contributed by atoms with Crippen molar-refractivity contribution in [3.8, 4) is 50.8 Å². The Morgan fingerprint density at radius 1 is 0.444 bits per heavy atom. The second-order valence-electron chi connectivity index (χ2n) is 36.0. The van der Waals surface area contributed by atoms with E-state index in [1.54, 1.807) is 115 Å². The van der Waals surface area contributed by atoms with Crippen LogP contribution in [0.5, 0.6) is 5.75 Å². The number of nitrogens with zero attached hydrogens (tertiary/aromatic N) is 14. The first-order valence-electron chi connectivity index (χ1n) is 47.7. The lowest BCUT2D eigenvalue weighted by molar-refractivity contribution is 0.0578. The molecule has 11 aromatic heterocycles. The fraction of sp³-hybridized carbons (Fsp3) is 0.189. The number of benzene rings is 7. The van der Waals surface area contributed by atoms with Crippen LogP contribution in [0.25, 0.3) is 67.6 Å². The predicted molar refractivity (Wildman–Crippen MR) is 557 cm³/mol. The van der Waals surface area contributed by atoms with E-state index in [2.05, 4.69) is 120 Å². The third-order valence-electron chi connectivity index (χ3n) is 26.5. The van der Waals surface area contributed by atoms with Gasteiger partial charge < -0.3 is 71.6 Å². The van der Waals surface area contributed by atoms with Crippen LogP contribution in [0, 0.1) is 5.82 Å². The number of rotatable bonds is 23. The lowest BCUT2D eigenvalue weighted by Gasteiger charge is -2.37. The third-order valence-corrected chi connectivity index (χ3v) is 26.5. The summed E-state index contributed by atoms with van der Waals surface area (Å²) in [6.45, 7) is 14.1. The summed E-state index contributed by atoms with van der Waals surface area (Å²) >= 11 is 0. The van der Waals surface area contributed by atoms with Crippen molar-refractivity contribution in [2.24, 2.45) is 0 Å². The third kappa shape index (κ3) is 21.7. The number of hydrogen-bond acceptors (Lipinski definition) is 20. The first kappa shape index (κ1) is 95.2. The van der Waals surface area contributed by atoms with Crippen LogP contribution in [0.1, 0.15) is 95.2 Å². The van der Waals surface area contributed by atoms with Gasteiger partial charge in [0.05, 0.1) is 51.1 Å². The van der Waals surface area contributed by atoms with Gasteiger partial charge in [0, 0.05) is 245 Å². The number of imidazole rings is 4. The molecule has 3 fully saturated rings. The minimum absolute atomic E-state index is 0.0491. The van der Waals surface area contributed by atoms with Crippen molar-refractivity contribution in [1.29, 1.82) is 0 Å². The van der Waals surface area contributed by atoms with Crippen molar-refractivity contribution in [2.45, 2.75) is 58.4 Å². The van der Waals surface area contributed by atoms with Gasteiger partial charge in [-0.05, 0) is 238 Å². The molecule has 726 valence electrons. The summed E-state index contributed by atoms with van der Waals surface area (Å²) in [5, 5.41) is 28.5. The number of likely N-dealkylation sites (N-methyl/N-ethyl adjacent to an activating group) is 1. The maximum atomic E-state index is 15.0. The van der Waals surface area contributed by atoms with E-state index < -0.39 is 5.82 Å². The average Bonchev–Trinajstić information content (AvgIpc) is 1.58. The Bertz CT molecular complexity index is 7920. The number of likely N-dealkylation sites (tertiary alicyclic amines) is 1. The van der Waals surface area contributed by atoms with E-state index in [0.717, 1.165) is 173 Å². The molecule has 4 aliphatic rings. The van der Waals surface area contributed by atoms with E-state index in [1.165, 1.54) is 11.6 Å². The fourth-order valence-electron chi connectivity index (χ4n) is 18.4. The van der Waals surface area contributed by atoms with Crippen molar-refractivity contribution in [3.63, 3.8) is 0 Å². The highest BCUT2D eigenvalue weighted by Crippen LogP contribution is 2.36. The molecule has 10 N–H and O–H groups in total. The zero-order chi connectivity index (χ0) is 99.4. The number of carbonyl (C=O) groups is 5. The SMILES string of the molecule is CCC(C)N1CCN(C(=O)c2ccc(Nc3ccc(-c4cc[nH]c(=O)c4)n4ccnc34)cc2)CC1.CN(C)C1CCN(C(=O)c2ccc(Nc3ccc(-c4ccc5c(c4)CNC5=O)n4ccnc34)cc2F)C1.O=C(NCc1ccc(O)cc1)c1ccc(Nc2ccc(-c3cc[nH]c(=O)c3)n3ccnc23)cc1.O=C(c1ccc(Nc2ccc(-c3cc[nH]c(=O)c3)n3ccnc23)cc1)N1CCN(Cc2ccccc2)CC1. The Kier molecular flexibility index (Phi) is 28.4. The van der Waals surface area contributed by atoms with Gasteiger partial charge in [-0.2, -0.15) is 0 Å². The van der Waals surface area contributed by atoms with Crippen LogP contribution in [0.4, 0.5) is 49.9 Å². The van der Waals surface area contributed by atoms with Crippen molar-refractivity contribution in [1.82, 2.24) is 92.5 Å². The van der Waals surface area contributed by atoms with Crippen molar-refractivity contribution >= 4 is 97.6 Å². The molecular weight excluding hydrogens is 1820 g/mol. The Morgan fingerprint density at radius 3 is 1.31 bits per heavy atom. The van der Waals surface area contributed by atoms with Gasteiger partial charge in [-0.3, -0.25) is 65.8 Å². The highest BCUT2D eigenvalue weighted by atomic mass is 19.1. The van der Waals surface area contributed by atoms with Gasteiger partial charge in [0.15, 0.2) is 22.6 Å². The molecule has 2 atom stereocenters. The largest absolute Gasteiger partial charge is 0.508 e. The molecule has 0 aliphatic carbocycles. The topological polar surface area (TPSA) is 365 Å². The molecule has 7 aromatic carbocycles. The summed E-state index contributed by atoms with van der Waals surface area (Å²) in [6.07, 6.45) is 21.3. The molecule has 4 aliphatic heterocycles. The lowest BCUT2D eigenvalue weighted by Crippen LogP contribution is -2.51. The molecule has 0 saturated carbocycles. The molecule has 32 nitrogen and oxygen atoms in total. The maximum Gasteiger partial charge on any atom is 0.256 e. The number of aromatic nitrogens is 11. The van der Waals surface area contributed by atoms with Gasteiger partial charge >= 0.3 is 0 Å². The van der Waals surface area contributed by atoms with Crippen LogP contribution < -0.4 is 48.6 Å². The number of anilines is 8. The van der Waals surface area contributed by atoms with Crippen LogP contribution in [0.2, 0.25) is 0 Å². The molecular formula is C111H106FN23O9. The summed E-state index contributed by atoms with van der Waals surface area (Å²) in [6, 6.07) is 76.5. The minimum atomic E-state index is -0.555. The van der Waals surface area contributed by atoms with E-state index in [-0.39, 0.29) is 57.5 Å². The molecule has 5 amide bonds. The van der Waals surface area contributed by atoms with Gasteiger partial charge in [0.2, 0.25) is 16.7 Å². The summed E-state index contributed by atoms with van der Waals surface area (Å²) in [7, 11) is 3.99. The van der Waals surface area contributed by atoms with Crippen LogP contribution in [-0.4, -0.2) is 208 Å². The number of fused-ring (bicyclic) bond motifs is 5. The van der Waals surface area contributed by atoms with Crippen LogP contribution in [-0.2, 0) is 19.6 Å². The predicted octanol–water partition coefficient (Wildman–Crippen LogP) is 16.4. The standard InChI is InChI=1S/C30H28N6O2.C28H27FN6O2.C27H30N6O2.C26H21N5O3/c37-28-20-24(12-13-31-28)27-11-10-26(29-32-14-15-36(27)29)33-25-8-6-23(7-9-25)30(38)35-18-16-34(17-19-35)21-22-4-2-1-3-5-22;1-33(2)20-9-11-34(16-20)28(37)22-6-4-19(14-23(22)29)32-24-7-8-25(35-12-10-30-26(24)35)17-3-5-21-18(13-17)15-31-27(21)36;1-3-19(2)31-14-16-32(17-15-31)27(35)20-4-6-22(7-5-20)30-23-8-9-24(33-13-12-29-26(23)33)21-10-11-28-25(34)18-21;32-21-7-1-17(2-8-21)16-29-26(34)18-3-5-20(6-4-18)30-22-9-10-23(31-14-13-28-25(22)31)19-11-12-27-24(33)15-19/h1-15,20,33H,16-19,21H2,(H,31,37);3-8,10,12-14,20,32H,9,11,15-16H2,1-2H3,(H,31,36);4-13,18-19,30H,3,14-17H2,1-2H3,(H,28,34);1-15,30,32H,16H2,(H,27,33)(H,29,34). The highest BCUT2D eigenvalue weighted by Gasteiger charge is 2.32. The summed E-state index contributed by atoms with van der Waals surface area (Å²) in [5.74, 6) is -0.729. The maximum absolute atomic E-state index is 15.0. The molecule has 2 unspecified atom stereocenters. The first-order valence-corrected chi connectivity index (χ1v) is 47.7. The smallest absolute Gasteiger partial charge is 0.256 e. The number of aromatic amines is 3. The zero-order valence-corrected chi connectivity index (χ0v) is 79.6. The summed E-state index contributed by atoms with van der Waals surface area (Å²) in [4.78, 5) is 137. The molecule has 0 radical (unpaired) electrons. The first-order chi connectivity index (χ1) is 70.1. The number of aromatic hydroxyl groups is 1. The van der Waals surface area contributed by atoms with E-state index in [1.807, 2.05) is 218 Å². The van der Waals surface area contributed by atoms with Crippen LogP contribution in [0.15, 0.2) is 331 Å². The molecule has 144 heavy (non-hydrogen) atoms. The van der Waals surface area contributed by atoms with E-state index in [0.29, 0.717) is 83.2 Å². The number of carbonyl (C=O) groups excluding carboxylic acids is 5. The van der Waals surface area contributed by atoms with Crippen LogP contribution >= 0.6 is 0 Å². The van der Waals surface area contributed by atoms with E-state index in [4.69, 9.17) is 0 Å². The number of piperazine rings is 2. The Morgan fingerprint density at radius 2 is 0.875 bits per heavy atom. The van der Waals surface area contributed by atoms with Crippen molar-refractivity contribution in [3.05, 3.63) is 398 Å². The lowest BCUT2D eigenvalue weighted by atomic mass is 10.0. The van der Waals surface area contributed by atoms with Gasteiger partial charge in [-0.1, -0.05) is 55.5 Å². The van der Waals surface area contributed by atoms with Gasteiger partial charge in [0.25, 0.3) is 29.5 Å². The number of phenols is 1. The Balaban J connectivity index is 0.000000122. The fourth-order valence-corrected chi connectivity index (χ4v) is 18.4. The van der Waals surface area contributed by atoms with Crippen molar-refractivity contribution < 1.29 is 33.5 Å². The normalized spacial score (nSPS) is 14.3. The molecule has 33 heteroatoms. The van der Waals surface area contributed by atoms with Gasteiger partial charge in [0.1, 0.15) is 11.6 Å². The monoisotopic (exact) mass is 1920 g/mol.